The van der Waals surface area contributed by atoms with Crippen molar-refractivity contribution in [2.24, 2.45) is 0 Å². The molecule has 0 saturated heterocycles. The van der Waals surface area contributed by atoms with Gasteiger partial charge in [0.05, 0.1) is 40.6 Å². The van der Waals surface area contributed by atoms with Crippen molar-refractivity contribution >= 4 is 17.5 Å². The third kappa shape index (κ3) is 5.81. The highest BCUT2D eigenvalue weighted by Gasteiger charge is 2.15. The molecule has 2 amide bonds. The van der Waals surface area contributed by atoms with Crippen molar-refractivity contribution in [2.45, 2.75) is 26.8 Å². The normalized spacial score (nSPS) is 10.7. The van der Waals surface area contributed by atoms with Crippen LogP contribution in [-0.2, 0) is 13.0 Å². The summed E-state index contributed by atoms with van der Waals surface area (Å²) in [4.78, 5) is 17.1. The Labute approximate surface area is 229 Å². The van der Waals surface area contributed by atoms with Crippen molar-refractivity contribution in [3.8, 4) is 34.5 Å². The first-order valence-electron chi connectivity index (χ1n) is 12.6. The summed E-state index contributed by atoms with van der Waals surface area (Å²) < 4.78 is 24.1. The Morgan fingerprint density at radius 1 is 1.07 bits per heavy atom. The number of nitrogens with one attached hydrogen (secondary N) is 2. The molecule has 0 aliphatic carbocycles. The van der Waals surface area contributed by atoms with Gasteiger partial charge >= 0.3 is 6.03 Å². The third-order valence-electron chi connectivity index (χ3n) is 5.99. The lowest BCUT2D eigenvalue weighted by atomic mass is 10.2. The Bertz CT molecular complexity index is 1720. The molecule has 0 aliphatic rings. The number of hydrogen-bond donors (Lipinski definition) is 2. The number of benzene rings is 2. The fraction of sp³-hybridized carbons (Fsp3) is 0.138. The van der Waals surface area contributed by atoms with Gasteiger partial charge in [-0.2, -0.15) is 15.5 Å². The molecular formula is C29H25FN8O2. The fourth-order valence-corrected chi connectivity index (χ4v) is 3.96. The van der Waals surface area contributed by atoms with Gasteiger partial charge in [0.2, 0.25) is 0 Å². The van der Waals surface area contributed by atoms with Gasteiger partial charge in [-0.3, -0.25) is 15.0 Å². The van der Waals surface area contributed by atoms with Crippen molar-refractivity contribution in [3.63, 3.8) is 0 Å². The second kappa shape index (κ2) is 11.5. The number of ether oxygens (including phenoxy) is 1. The van der Waals surface area contributed by atoms with Crippen LogP contribution in [0.4, 0.5) is 20.7 Å². The predicted molar refractivity (Wildman–Crippen MR) is 148 cm³/mol. The van der Waals surface area contributed by atoms with Gasteiger partial charge in [0.1, 0.15) is 23.1 Å². The topological polar surface area (TPSA) is 123 Å². The largest absolute Gasteiger partial charge is 0.457 e. The SMILES string of the molecule is CCc1cc(NC(=O)Nc2ccc(Oc3ccnc(-c4cnn(CC)c4)c3)cc2F)n(-c2cccc(C#N)c2)n1. The molecule has 10 nitrogen and oxygen atoms in total. The summed E-state index contributed by atoms with van der Waals surface area (Å²) in [5.74, 6) is 0.443. The number of nitrogens with zero attached hydrogens (tertiary/aromatic N) is 6. The van der Waals surface area contributed by atoms with Crippen molar-refractivity contribution in [1.29, 1.82) is 5.26 Å². The molecule has 2 aromatic carbocycles. The molecule has 0 saturated carbocycles. The number of aromatic nitrogens is 5. The molecule has 3 heterocycles. The number of aryl methyl sites for hydroxylation is 2. The summed E-state index contributed by atoms with van der Waals surface area (Å²) in [6.45, 7) is 4.68. The van der Waals surface area contributed by atoms with Crippen LogP contribution in [0.1, 0.15) is 25.1 Å². The van der Waals surface area contributed by atoms with Crippen LogP contribution >= 0.6 is 0 Å². The summed E-state index contributed by atoms with van der Waals surface area (Å²) in [7, 11) is 0. The van der Waals surface area contributed by atoms with E-state index in [1.54, 1.807) is 65.6 Å². The van der Waals surface area contributed by atoms with E-state index in [1.807, 2.05) is 20.0 Å². The number of anilines is 2. The maximum Gasteiger partial charge on any atom is 0.324 e. The van der Waals surface area contributed by atoms with Gasteiger partial charge in [-0.05, 0) is 49.7 Å². The zero-order valence-corrected chi connectivity index (χ0v) is 21.8. The Morgan fingerprint density at radius 3 is 2.67 bits per heavy atom. The first-order valence-corrected chi connectivity index (χ1v) is 12.6. The van der Waals surface area contributed by atoms with Crippen LogP contribution < -0.4 is 15.4 Å². The lowest BCUT2D eigenvalue weighted by Crippen LogP contribution is -2.22. The molecule has 0 atom stereocenters. The molecule has 2 N–H and O–H groups in total. The quantitative estimate of drug-likeness (QED) is 0.245. The van der Waals surface area contributed by atoms with Gasteiger partial charge in [-0.1, -0.05) is 13.0 Å². The zero-order valence-electron chi connectivity index (χ0n) is 21.8. The third-order valence-corrected chi connectivity index (χ3v) is 5.99. The van der Waals surface area contributed by atoms with Gasteiger partial charge in [0, 0.05) is 42.7 Å². The van der Waals surface area contributed by atoms with E-state index >= 15 is 0 Å². The number of carbonyl (C=O) groups excluding carboxylic acids is 1. The first-order chi connectivity index (χ1) is 19.4. The van der Waals surface area contributed by atoms with Crippen LogP contribution in [0.25, 0.3) is 16.9 Å². The molecule has 0 unspecified atom stereocenters. The lowest BCUT2D eigenvalue weighted by molar-refractivity contribution is 0.262. The van der Waals surface area contributed by atoms with Crippen LogP contribution in [0.15, 0.2) is 79.3 Å². The molecule has 0 radical (unpaired) electrons. The number of pyridine rings is 1. The maximum absolute atomic E-state index is 14.9. The molecule has 5 rings (SSSR count). The number of hydrogen-bond acceptors (Lipinski definition) is 6. The summed E-state index contributed by atoms with van der Waals surface area (Å²) >= 11 is 0. The van der Waals surface area contributed by atoms with Crippen LogP contribution in [0.5, 0.6) is 11.5 Å². The zero-order chi connectivity index (χ0) is 28.1. The second-order valence-electron chi connectivity index (χ2n) is 8.73. The van der Waals surface area contributed by atoms with E-state index in [2.05, 4.69) is 31.9 Å². The standard InChI is InChI=1S/C29H25FN8O2/c1-3-21-13-28(38(36-21)22-7-5-6-19(12-22)16-31)35-29(39)34-26-9-8-23(14-25(26)30)40-24-10-11-32-27(15-24)20-17-33-37(4-2)18-20/h5-15,17-18H,3-4H2,1-2H3,(H2,34,35,39). The molecule has 3 aromatic heterocycles. The van der Waals surface area contributed by atoms with Crippen molar-refractivity contribution in [2.75, 3.05) is 10.6 Å². The molecule has 11 heteroatoms. The van der Waals surface area contributed by atoms with E-state index < -0.39 is 11.8 Å². The summed E-state index contributed by atoms with van der Waals surface area (Å²) in [6.07, 6.45) is 5.85. The molecule has 0 aliphatic heterocycles. The number of amides is 2. The second-order valence-corrected chi connectivity index (χ2v) is 8.73. The van der Waals surface area contributed by atoms with Crippen LogP contribution in [0.2, 0.25) is 0 Å². The Kier molecular flexibility index (Phi) is 7.50. The highest BCUT2D eigenvalue weighted by Crippen LogP contribution is 2.28. The molecule has 5 aromatic rings. The lowest BCUT2D eigenvalue weighted by Gasteiger charge is -2.12. The molecule has 0 spiro atoms. The molecule has 200 valence electrons. The van der Waals surface area contributed by atoms with E-state index in [0.717, 1.165) is 17.8 Å². The summed E-state index contributed by atoms with van der Waals surface area (Å²) in [5, 5.41) is 23.2. The number of carbonyl (C=O) groups is 1. The fourth-order valence-electron chi connectivity index (χ4n) is 3.96. The average molecular weight is 537 g/mol. The van der Waals surface area contributed by atoms with Crippen LogP contribution in [0, 0.1) is 17.1 Å². The monoisotopic (exact) mass is 536 g/mol. The Hall–Kier alpha value is -5.50. The van der Waals surface area contributed by atoms with Crippen molar-refractivity contribution in [1.82, 2.24) is 24.5 Å². The van der Waals surface area contributed by atoms with Gasteiger partial charge in [-0.15, -0.1) is 0 Å². The van der Waals surface area contributed by atoms with E-state index in [0.29, 0.717) is 34.9 Å². The van der Waals surface area contributed by atoms with E-state index in [9.17, 15) is 14.4 Å². The minimum atomic E-state index is -0.671. The van der Waals surface area contributed by atoms with Gasteiger partial charge in [0.25, 0.3) is 0 Å². The van der Waals surface area contributed by atoms with E-state index in [4.69, 9.17) is 4.74 Å². The number of urea groups is 1. The highest BCUT2D eigenvalue weighted by molar-refractivity contribution is 5.99. The van der Waals surface area contributed by atoms with E-state index in [-0.39, 0.29) is 11.4 Å². The number of rotatable bonds is 8. The molecular weight excluding hydrogens is 511 g/mol. The van der Waals surface area contributed by atoms with E-state index in [1.165, 1.54) is 16.8 Å². The van der Waals surface area contributed by atoms with Crippen LogP contribution in [0.3, 0.4) is 0 Å². The summed E-state index contributed by atoms with van der Waals surface area (Å²) in [5.41, 5.74) is 3.30. The maximum atomic E-state index is 14.9. The predicted octanol–water partition coefficient (Wildman–Crippen LogP) is 6.16. The average Bonchev–Trinajstić information content (AvgIpc) is 3.62. The van der Waals surface area contributed by atoms with Crippen molar-refractivity contribution < 1.29 is 13.9 Å². The number of nitriles is 1. The number of halogens is 1. The van der Waals surface area contributed by atoms with Gasteiger partial charge < -0.3 is 10.1 Å². The highest BCUT2D eigenvalue weighted by atomic mass is 19.1. The minimum absolute atomic E-state index is 0.0273. The van der Waals surface area contributed by atoms with Gasteiger partial charge in [-0.25, -0.2) is 13.9 Å². The smallest absolute Gasteiger partial charge is 0.324 e. The Balaban J connectivity index is 1.28. The van der Waals surface area contributed by atoms with Crippen LogP contribution in [-0.4, -0.2) is 30.6 Å². The molecule has 40 heavy (non-hydrogen) atoms. The van der Waals surface area contributed by atoms with Gasteiger partial charge in [0.15, 0.2) is 0 Å². The minimum Gasteiger partial charge on any atom is -0.457 e. The molecule has 0 fully saturated rings. The summed E-state index contributed by atoms with van der Waals surface area (Å²) in [6, 6.07) is 17.6. The molecule has 0 bridgehead atoms. The van der Waals surface area contributed by atoms with Crippen molar-refractivity contribution in [3.05, 3.63) is 96.3 Å². The first kappa shape index (κ1) is 26.1. The Morgan fingerprint density at radius 2 is 1.93 bits per heavy atom.